The average molecular weight is 410 g/mol. The van der Waals surface area contributed by atoms with Gasteiger partial charge in [0.2, 0.25) is 0 Å². The van der Waals surface area contributed by atoms with Crippen LogP contribution in [0.5, 0.6) is 5.75 Å². The molecule has 28 heavy (non-hydrogen) atoms. The Kier molecular flexibility index (Phi) is 5.55. The minimum atomic E-state index is -4.23. The summed E-state index contributed by atoms with van der Waals surface area (Å²) in [6, 6.07) is 8.12. The molecule has 3 rings (SSSR count). The van der Waals surface area contributed by atoms with Gasteiger partial charge in [0.1, 0.15) is 10.6 Å². The number of carbonyl (C=O) groups excluding carboxylic acids is 1. The highest BCUT2D eigenvalue weighted by Gasteiger charge is 2.32. The maximum absolute atomic E-state index is 13.2. The number of benzene rings is 2. The van der Waals surface area contributed by atoms with Gasteiger partial charge in [-0.05, 0) is 49.7 Å². The smallest absolute Gasteiger partial charge is 0.339 e. The third-order valence-electron chi connectivity index (χ3n) is 4.70. The molecule has 2 aromatic carbocycles. The molecule has 0 saturated carbocycles. The predicted molar refractivity (Wildman–Crippen MR) is 99.8 cm³/mol. The SMILES string of the molecule is CCC(C)N1CCN(c2ccc(S(=O)(=O)Oc3ccc(F)c(F)c3)cc2)C1=O. The molecule has 1 heterocycles. The van der Waals surface area contributed by atoms with Crippen LogP contribution in [-0.4, -0.2) is 38.5 Å². The fourth-order valence-electron chi connectivity index (χ4n) is 2.92. The lowest BCUT2D eigenvalue weighted by Gasteiger charge is -2.23. The third-order valence-corrected chi connectivity index (χ3v) is 5.96. The first-order valence-corrected chi connectivity index (χ1v) is 10.2. The summed E-state index contributed by atoms with van der Waals surface area (Å²) < 4.78 is 55.8. The Morgan fingerprint density at radius 1 is 1.07 bits per heavy atom. The molecule has 6 nitrogen and oxygen atoms in total. The lowest BCUT2D eigenvalue weighted by Crippen LogP contribution is -2.37. The predicted octanol–water partition coefficient (Wildman–Crippen LogP) is 3.77. The molecular weight excluding hydrogens is 390 g/mol. The van der Waals surface area contributed by atoms with Gasteiger partial charge in [-0.3, -0.25) is 4.90 Å². The quantitative estimate of drug-likeness (QED) is 0.680. The van der Waals surface area contributed by atoms with E-state index in [2.05, 4.69) is 0 Å². The van der Waals surface area contributed by atoms with Gasteiger partial charge in [-0.25, -0.2) is 13.6 Å². The number of hydrogen-bond donors (Lipinski definition) is 0. The van der Waals surface area contributed by atoms with E-state index in [0.29, 0.717) is 24.8 Å². The molecule has 9 heteroatoms. The van der Waals surface area contributed by atoms with Crippen molar-refractivity contribution in [2.24, 2.45) is 0 Å². The Balaban J connectivity index is 1.76. The molecule has 0 radical (unpaired) electrons. The fraction of sp³-hybridized carbons (Fsp3) is 0.316. The molecule has 0 aliphatic carbocycles. The Hall–Kier alpha value is -2.68. The van der Waals surface area contributed by atoms with E-state index < -0.39 is 21.8 Å². The molecule has 2 amide bonds. The standard InChI is InChI=1S/C19H20F2N2O4S/c1-3-13(2)22-10-11-23(19(22)24)14-4-7-16(8-5-14)28(25,26)27-15-6-9-17(20)18(21)12-15/h4-9,12-13H,3,10-11H2,1-2H3. The van der Waals surface area contributed by atoms with Gasteiger partial charge >= 0.3 is 16.1 Å². The van der Waals surface area contributed by atoms with Crippen molar-refractivity contribution >= 4 is 21.8 Å². The molecule has 0 spiro atoms. The number of hydrogen-bond acceptors (Lipinski definition) is 4. The Morgan fingerprint density at radius 3 is 2.36 bits per heavy atom. The molecular formula is C19H20F2N2O4S. The Morgan fingerprint density at radius 2 is 1.75 bits per heavy atom. The average Bonchev–Trinajstić information content (AvgIpc) is 3.05. The molecule has 0 N–H and O–H groups in total. The van der Waals surface area contributed by atoms with E-state index in [0.717, 1.165) is 18.6 Å². The summed E-state index contributed by atoms with van der Waals surface area (Å²) in [5, 5.41) is 0. The second-order valence-corrected chi connectivity index (χ2v) is 8.04. The Bertz CT molecular complexity index is 980. The first kappa shape index (κ1) is 20.1. The first-order chi connectivity index (χ1) is 13.2. The van der Waals surface area contributed by atoms with Crippen molar-refractivity contribution in [2.75, 3.05) is 18.0 Å². The topological polar surface area (TPSA) is 66.9 Å². The summed E-state index contributed by atoms with van der Waals surface area (Å²) >= 11 is 0. The Labute approximate surface area is 162 Å². The van der Waals surface area contributed by atoms with Crippen molar-refractivity contribution in [2.45, 2.75) is 31.2 Å². The van der Waals surface area contributed by atoms with Crippen LogP contribution in [0.1, 0.15) is 20.3 Å². The van der Waals surface area contributed by atoms with E-state index in [1.807, 2.05) is 13.8 Å². The zero-order valence-electron chi connectivity index (χ0n) is 15.4. The monoisotopic (exact) mass is 410 g/mol. The highest BCUT2D eigenvalue weighted by molar-refractivity contribution is 7.87. The van der Waals surface area contributed by atoms with Gasteiger partial charge in [-0.2, -0.15) is 8.42 Å². The highest BCUT2D eigenvalue weighted by Crippen LogP contribution is 2.26. The van der Waals surface area contributed by atoms with Gasteiger partial charge in [0.25, 0.3) is 0 Å². The molecule has 1 atom stereocenters. The number of carbonyl (C=O) groups is 1. The molecule has 1 fully saturated rings. The minimum Gasteiger partial charge on any atom is -0.379 e. The van der Waals surface area contributed by atoms with E-state index >= 15 is 0 Å². The number of rotatable bonds is 6. The summed E-state index contributed by atoms with van der Waals surface area (Å²) in [7, 11) is -4.23. The minimum absolute atomic E-state index is 0.122. The van der Waals surface area contributed by atoms with Gasteiger partial charge in [0.05, 0.1) is 0 Å². The zero-order valence-corrected chi connectivity index (χ0v) is 16.2. The fourth-order valence-corrected chi connectivity index (χ4v) is 3.84. The number of anilines is 1. The van der Waals surface area contributed by atoms with E-state index in [-0.39, 0.29) is 22.7 Å². The molecule has 1 unspecified atom stereocenters. The van der Waals surface area contributed by atoms with Gasteiger partial charge < -0.3 is 9.08 Å². The second kappa shape index (κ2) is 7.75. The molecule has 1 aliphatic heterocycles. The van der Waals surface area contributed by atoms with Gasteiger partial charge in [0, 0.05) is 30.9 Å². The van der Waals surface area contributed by atoms with Crippen molar-refractivity contribution in [3.05, 3.63) is 54.1 Å². The van der Waals surface area contributed by atoms with Crippen LogP contribution in [0.2, 0.25) is 0 Å². The van der Waals surface area contributed by atoms with Crippen molar-refractivity contribution in [3.63, 3.8) is 0 Å². The summed E-state index contributed by atoms with van der Waals surface area (Å²) in [6.07, 6.45) is 0.845. The maximum atomic E-state index is 13.2. The number of nitrogens with zero attached hydrogens (tertiary/aromatic N) is 2. The van der Waals surface area contributed by atoms with Crippen LogP contribution < -0.4 is 9.08 Å². The molecule has 1 saturated heterocycles. The summed E-state index contributed by atoms with van der Waals surface area (Å²) in [5.74, 6) is -2.64. The van der Waals surface area contributed by atoms with Crippen LogP contribution in [0.15, 0.2) is 47.4 Å². The first-order valence-electron chi connectivity index (χ1n) is 8.80. The number of urea groups is 1. The second-order valence-electron chi connectivity index (χ2n) is 6.49. The lowest BCUT2D eigenvalue weighted by molar-refractivity contribution is 0.203. The van der Waals surface area contributed by atoms with Crippen LogP contribution in [0, 0.1) is 11.6 Å². The van der Waals surface area contributed by atoms with Crippen LogP contribution in [0.4, 0.5) is 19.3 Å². The molecule has 0 aromatic heterocycles. The van der Waals surface area contributed by atoms with Crippen LogP contribution >= 0.6 is 0 Å². The van der Waals surface area contributed by atoms with Crippen molar-refractivity contribution in [1.82, 2.24) is 4.90 Å². The summed E-state index contributed by atoms with van der Waals surface area (Å²) in [5.41, 5.74) is 0.572. The normalized spacial score (nSPS) is 15.8. The maximum Gasteiger partial charge on any atom is 0.339 e. The van der Waals surface area contributed by atoms with E-state index in [1.165, 1.54) is 24.3 Å². The third kappa shape index (κ3) is 3.94. The van der Waals surface area contributed by atoms with Crippen molar-refractivity contribution in [1.29, 1.82) is 0 Å². The van der Waals surface area contributed by atoms with E-state index in [4.69, 9.17) is 4.18 Å². The molecule has 2 aromatic rings. The van der Waals surface area contributed by atoms with E-state index in [1.54, 1.807) is 9.80 Å². The van der Waals surface area contributed by atoms with Gasteiger partial charge in [-0.1, -0.05) is 6.92 Å². The van der Waals surface area contributed by atoms with Crippen LogP contribution in [-0.2, 0) is 10.1 Å². The summed E-state index contributed by atoms with van der Waals surface area (Å²) in [6.45, 7) is 5.10. The van der Waals surface area contributed by atoms with Crippen molar-refractivity contribution < 1.29 is 26.2 Å². The van der Waals surface area contributed by atoms with E-state index in [9.17, 15) is 22.0 Å². The number of halogens is 2. The lowest BCUT2D eigenvalue weighted by atomic mass is 10.2. The molecule has 150 valence electrons. The zero-order chi connectivity index (χ0) is 20.5. The molecule has 1 aliphatic rings. The molecule has 0 bridgehead atoms. The summed E-state index contributed by atoms with van der Waals surface area (Å²) in [4.78, 5) is 15.7. The highest BCUT2D eigenvalue weighted by atomic mass is 32.2. The van der Waals surface area contributed by atoms with Gasteiger partial charge in [-0.15, -0.1) is 0 Å². The largest absolute Gasteiger partial charge is 0.379 e. The van der Waals surface area contributed by atoms with Crippen molar-refractivity contribution in [3.8, 4) is 5.75 Å². The number of amides is 2. The van der Waals surface area contributed by atoms with Crippen LogP contribution in [0.3, 0.4) is 0 Å². The van der Waals surface area contributed by atoms with Crippen LogP contribution in [0.25, 0.3) is 0 Å². The van der Waals surface area contributed by atoms with Gasteiger partial charge in [0.15, 0.2) is 11.6 Å².